The minimum atomic E-state index is -0.450. The minimum absolute atomic E-state index is 0.220. The number of benzene rings is 3. The Labute approximate surface area is 205 Å². The fourth-order valence-corrected chi connectivity index (χ4v) is 4.36. The topological polar surface area (TPSA) is 75.7 Å². The number of nitrogens with zero attached hydrogens (tertiary/aromatic N) is 1. The maximum Gasteiger partial charge on any atom is 0.266 e. The average molecular weight is 471 g/mol. The monoisotopic (exact) mass is 470 g/mol. The van der Waals surface area contributed by atoms with Gasteiger partial charge in [-0.1, -0.05) is 45.9 Å². The highest BCUT2D eigenvalue weighted by molar-refractivity contribution is 6.34. The van der Waals surface area contributed by atoms with Crippen molar-refractivity contribution >= 4 is 29.1 Å². The lowest BCUT2D eigenvalue weighted by molar-refractivity contribution is 0.0925. The summed E-state index contributed by atoms with van der Waals surface area (Å²) in [5.74, 6) is -0.0590. The van der Waals surface area contributed by atoms with Gasteiger partial charge < -0.3 is 10.1 Å². The largest absolute Gasteiger partial charge is 0.494 e. The number of carbonyl (C=O) groups excluding carboxylic acids is 3. The van der Waals surface area contributed by atoms with Crippen molar-refractivity contribution < 1.29 is 19.1 Å². The van der Waals surface area contributed by atoms with Crippen LogP contribution in [0.5, 0.6) is 5.75 Å². The molecule has 0 atom stereocenters. The van der Waals surface area contributed by atoms with Crippen molar-refractivity contribution in [2.75, 3.05) is 16.8 Å². The smallest absolute Gasteiger partial charge is 0.266 e. The maximum atomic E-state index is 13.3. The van der Waals surface area contributed by atoms with Crippen LogP contribution < -0.4 is 15.0 Å². The maximum absolute atomic E-state index is 13.3. The third-order valence-electron chi connectivity index (χ3n) is 6.17. The SMILES string of the molecule is CCOc1ccc(N2C(=O)c3ccc(C(=O)Nc4c(C(C)C)cccc4C(C)C)cc3C2=O)cc1. The Morgan fingerprint density at radius 2 is 1.46 bits per heavy atom. The second-order valence-corrected chi connectivity index (χ2v) is 9.21. The Bertz CT molecular complexity index is 1270. The van der Waals surface area contributed by atoms with Crippen LogP contribution in [0.3, 0.4) is 0 Å². The van der Waals surface area contributed by atoms with Crippen molar-refractivity contribution in [2.45, 2.75) is 46.5 Å². The molecule has 0 saturated heterocycles. The van der Waals surface area contributed by atoms with Crippen molar-refractivity contribution in [2.24, 2.45) is 0 Å². The summed E-state index contributed by atoms with van der Waals surface area (Å²) in [5, 5.41) is 3.07. The van der Waals surface area contributed by atoms with Gasteiger partial charge >= 0.3 is 0 Å². The summed E-state index contributed by atoms with van der Waals surface area (Å²) >= 11 is 0. The van der Waals surface area contributed by atoms with E-state index in [1.54, 1.807) is 36.4 Å². The van der Waals surface area contributed by atoms with E-state index in [1.165, 1.54) is 6.07 Å². The summed E-state index contributed by atoms with van der Waals surface area (Å²) in [7, 11) is 0. The zero-order valence-corrected chi connectivity index (χ0v) is 20.7. The molecule has 0 fully saturated rings. The van der Waals surface area contributed by atoms with E-state index in [0.29, 0.717) is 23.6 Å². The molecule has 1 aliphatic heterocycles. The number of rotatable bonds is 7. The number of hydrogen-bond donors (Lipinski definition) is 1. The molecule has 0 spiro atoms. The van der Waals surface area contributed by atoms with E-state index in [2.05, 4.69) is 33.0 Å². The third-order valence-corrected chi connectivity index (χ3v) is 6.17. The molecule has 0 aliphatic carbocycles. The number of fused-ring (bicyclic) bond motifs is 1. The van der Waals surface area contributed by atoms with Gasteiger partial charge in [0.2, 0.25) is 0 Å². The number of imide groups is 1. The van der Waals surface area contributed by atoms with Crippen LogP contribution in [0.15, 0.2) is 60.7 Å². The first-order valence-corrected chi connectivity index (χ1v) is 11.9. The number of ether oxygens (including phenoxy) is 1. The lowest BCUT2D eigenvalue weighted by Crippen LogP contribution is -2.29. The Morgan fingerprint density at radius 3 is 2.03 bits per heavy atom. The van der Waals surface area contributed by atoms with Gasteiger partial charge in [-0.2, -0.15) is 0 Å². The molecule has 6 heteroatoms. The highest BCUT2D eigenvalue weighted by Gasteiger charge is 2.37. The summed E-state index contributed by atoms with van der Waals surface area (Å²) in [5.41, 5.74) is 4.20. The van der Waals surface area contributed by atoms with Crippen LogP contribution >= 0.6 is 0 Å². The fourth-order valence-electron chi connectivity index (χ4n) is 4.36. The summed E-state index contributed by atoms with van der Waals surface area (Å²) < 4.78 is 5.44. The number of anilines is 2. The van der Waals surface area contributed by atoms with E-state index >= 15 is 0 Å². The lowest BCUT2D eigenvalue weighted by Gasteiger charge is -2.20. The Morgan fingerprint density at radius 1 is 0.857 bits per heavy atom. The molecular weight excluding hydrogens is 440 g/mol. The molecule has 3 amide bonds. The summed E-state index contributed by atoms with van der Waals surface area (Å²) in [6.07, 6.45) is 0. The van der Waals surface area contributed by atoms with Gasteiger partial charge in [-0.05, 0) is 72.4 Å². The lowest BCUT2D eigenvalue weighted by atomic mass is 9.92. The van der Waals surface area contributed by atoms with Gasteiger partial charge in [-0.25, -0.2) is 4.90 Å². The van der Waals surface area contributed by atoms with Crippen molar-refractivity contribution in [1.29, 1.82) is 0 Å². The van der Waals surface area contributed by atoms with Gasteiger partial charge in [-0.15, -0.1) is 0 Å². The predicted molar refractivity (Wildman–Crippen MR) is 138 cm³/mol. The first-order valence-electron chi connectivity index (χ1n) is 11.9. The predicted octanol–water partition coefficient (Wildman–Crippen LogP) is 6.39. The molecule has 0 unspecified atom stereocenters. The van der Waals surface area contributed by atoms with Crippen LogP contribution in [-0.2, 0) is 0 Å². The molecular formula is C29H30N2O4. The minimum Gasteiger partial charge on any atom is -0.494 e. The molecule has 180 valence electrons. The first-order chi connectivity index (χ1) is 16.7. The number of carbonyl (C=O) groups is 3. The Balaban J connectivity index is 1.63. The molecule has 4 rings (SSSR count). The molecule has 35 heavy (non-hydrogen) atoms. The number of hydrogen-bond acceptors (Lipinski definition) is 4. The van der Waals surface area contributed by atoms with Gasteiger partial charge in [0, 0.05) is 11.3 Å². The summed E-state index contributed by atoms with van der Waals surface area (Å²) in [6, 6.07) is 17.5. The van der Waals surface area contributed by atoms with Gasteiger partial charge in [0.25, 0.3) is 17.7 Å². The molecule has 1 N–H and O–H groups in total. The van der Waals surface area contributed by atoms with E-state index in [4.69, 9.17) is 4.74 Å². The van der Waals surface area contributed by atoms with Crippen molar-refractivity contribution in [3.05, 3.63) is 88.5 Å². The molecule has 0 aromatic heterocycles. The average Bonchev–Trinajstić information content (AvgIpc) is 3.09. The van der Waals surface area contributed by atoms with Crippen LogP contribution in [0.2, 0.25) is 0 Å². The molecule has 3 aromatic rings. The van der Waals surface area contributed by atoms with Gasteiger partial charge in [-0.3, -0.25) is 14.4 Å². The zero-order chi connectivity index (χ0) is 25.3. The molecule has 1 heterocycles. The second kappa shape index (κ2) is 9.74. The van der Waals surface area contributed by atoms with Gasteiger partial charge in [0.05, 0.1) is 23.4 Å². The van der Waals surface area contributed by atoms with Crippen LogP contribution in [-0.4, -0.2) is 24.3 Å². The van der Waals surface area contributed by atoms with Crippen LogP contribution in [0.25, 0.3) is 0 Å². The summed E-state index contributed by atoms with van der Waals surface area (Å²) in [6.45, 7) is 10.8. The Kier molecular flexibility index (Phi) is 6.74. The number of nitrogens with one attached hydrogen (secondary N) is 1. The van der Waals surface area contributed by atoms with E-state index in [9.17, 15) is 14.4 Å². The highest BCUT2D eigenvalue weighted by Crippen LogP contribution is 2.34. The quantitative estimate of drug-likeness (QED) is 0.406. The number of amides is 3. The Hall–Kier alpha value is -3.93. The normalized spacial score (nSPS) is 12.9. The van der Waals surface area contributed by atoms with Gasteiger partial charge in [0.1, 0.15) is 5.75 Å². The van der Waals surface area contributed by atoms with Crippen molar-refractivity contribution in [3.63, 3.8) is 0 Å². The molecule has 6 nitrogen and oxygen atoms in total. The highest BCUT2D eigenvalue weighted by atomic mass is 16.5. The van der Waals surface area contributed by atoms with Crippen LogP contribution in [0, 0.1) is 0 Å². The molecule has 1 aliphatic rings. The molecule has 0 saturated carbocycles. The van der Waals surface area contributed by atoms with E-state index < -0.39 is 11.8 Å². The first kappa shape index (κ1) is 24.2. The van der Waals surface area contributed by atoms with Gasteiger partial charge in [0.15, 0.2) is 0 Å². The zero-order valence-electron chi connectivity index (χ0n) is 20.7. The van der Waals surface area contributed by atoms with E-state index in [0.717, 1.165) is 21.7 Å². The van der Waals surface area contributed by atoms with Crippen molar-refractivity contribution in [1.82, 2.24) is 0 Å². The number of para-hydroxylation sites is 1. The molecule has 3 aromatic carbocycles. The van der Waals surface area contributed by atoms with Crippen molar-refractivity contribution in [3.8, 4) is 5.75 Å². The molecule has 0 bridgehead atoms. The second-order valence-electron chi connectivity index (χ2n) is 9.21. The third kappa shape index (κ3) is 4.56. The standard InChI is InChI=1S/C29H30N2O4/c1-6-35-21-13-11-20(12-14-21)31-28(33)24-15-10-19(16-25(24)29(31)34)27(32)30-26-22(17(2)3)8-7-9-23(26)18(4)5/h7-18H,6H2,1-5H3,(H,30,32). The van der Waals surface area contributed by atoms with Crippen LogP contribution in [0.1, 0.15) is 88.7 Å². The van der Waals surface area contributed by atoms with Crippen LogP contribution in [0.4, 0.5) is 11.4 Å². The van der Waals surface area contributed by atoms with E-state index in [-0.39, 0.29) is 28.9 Å². The van der Waals surface area contributed by atoms with E-state index in [1.807, 2.05) is 25.1 Å². The molecule has 0 radical (unpaired) electrons. The fraction of sp³-hybridized carbons (Fsp3) is 0.276. The summed E-state index contributed by atoms with van der Waals surface area (Å²) in [4.78, 5) is 40.6.